The van der Waals surface area contributed by atoms with Crippen LogP contribution in [0.25, 0.3) is 0 Å². The quantitative estimate of drug-likeness (QED) is 0.570. The summed E-state index contributed by atoms with van der Waals surface area (Å²) in [6.07, 6.45) is 1.61. The van der Waals surface area contributed by atoms with E-state index in [0.717, 1.165) is 13.1 Å². The molecule has 1 fully saturated rings. The monoisotopic (exact) mass is 253 g/mol. The molecule has 2 amide bonds. The van der Waals surface area contributed by atoms with Crippen LogP contribution in [0, 0.1) is 5.41 Å². The van der Waals surface area contributed by atoms with Crippen molar-refractivity contribution in [3.05, 3.63) is 12.7 Å². The number of piperazine rings is 1. The van der Waals surface area contributed by atoms with E-state index in [1.165, 1.54) is 0 Å². The summed E-state index contributed by atoms with van der Waals surface area (Å²) < 4.78 is 0. The number of nitrogens with zero attached hydrogens (tertiary/aromatic N) is 2. The Morgan fingerprint density at radius 2 is 1.83 bits per heavy atom. The molecule has 0 aromatic rings. The molecule has 0 saturated carbocycles. The van der Waals surface area contributed by atoms with Gasteiger partial charge in [-0.05, 0) is 20.9 Å². The minimum Gasteiger partial charge on any atom is -0.352 e. The third kappa shape index (κ3) is 3.32. The van der Waals surface area contributed by atoms with Crippen molar-refractivity contribution in [3.8, 4) is 0 Å². The lowest BCUT2D eigenvalue weighted by atomic mass is 9.90. The Bertz CT molecular complexity index is 331. The molecule has 5 heteroatoms. The van der Waals surface area contributed by atoms with Gasteiger partial charge in [0.25, 0.3) is 0 Å². The highest BCUT2D eigenvalue weighted by Gasteiger charge is 2.39. The van der Waals surface area contributed by atoms with Crippen molar-refractivity contribution in [2.75, 3.05) is 39.8 Å². The lowest BCUT2D eigenvalue weighted by molar-refractivity contribution is -0.149. The van der Waals surface area contributed by atoms with Gasteiger partial charge in [0.05, 0.1) is 0 Å². The average molecular weight is 253 g/mol. The van der Waals surface area contributed by atoms with E-state index in [4.69, 9.17) is 0 Å². The first-order valence-corrected chi connectivity index (χ1v) is 6.26. The summed E-state index contributed by atoms with van der Waals surface area (Å²) in [5.41, 5.74) is -1.01. The van der Waals surface area contributed by atoms with Gasteiger partial charge >= 0.3 is 0 Å². The van der Waals surface area contributed by atoms with Crippen molar-refractivity contribution in [3.63, 3.8) is 0 Å². The summed E-state index contributed by atoms with van der Waals surface area (Å²) in [6, 6.07) is 0. The predicted molar refractivity (Wildman–Crippen MR) is 71.1 cm³/mol. The summed E-state index contributed by atoms with van der Waals surface area (Å²) in [6.45, 7) is 10.4. The molecule has 0 aromatic carbocycles. The molecule has 1 rings (SSSR count). The molecule has 1 saturated heterocycles. The number of nitrogens with one attached hydrogen (secondary N) is 1. The first-order valence-electron chi connectivity index (χ1n) is 6.26. The van der Waals surface area contributed by atoms with Crippen LogP contribution in [-0.2, 0) is 9.59 Å². The molecule has 5 nitrogen and oxygen atoms in total. The Labute approximate surface area is 109 Å². The Balaban J connectivity index is 2.63. The molecule has 0 unspecified atom stereocenters. The Hall–Kier alpha value is -1.36. The molecule has 102 valence electrons. The molecule has 0 spiro atoms. The molecule has 1 N–H and O–H groups in total. The van der Waals surface area contributed by atoms with Crippen LogP contribution < -0.4 is 5.32 Å². The Kier molecular flexibility index (Phi) is 4.90. The van der Waals surface area contributed by atoms with Crippen LogP contribution in [0.1, 0.15) is 13.8 Å². The maximum atomic E-state index is 12.4. The van der Waals surface area contributed by atoms with Crippen LogP contribution in [0.2, 0.25) is 0 Å². The minimum absolute atomic E-state index is 0.0998. The number of carbonyl (C=O) groups is 2. The minimum atomic E-state index is -1.01. The molecule has 0 aliphatic carbocycles. The van der Waals surface area contributed by atoms with Crippen LogP contribution in [-0.4, -0.2) is 61.4 Å². The molecule has 0 aromatic heterocycles. The average Bonchev–Trinajstić information content (AvgIpc) is 2.35. The van der Waals surface area contributed by atoms with Gasteiger partial charge in [-0.1, -0.05) is 6.08 Å². The Morgan fingerprint density at radius 1 is 1.28 bits per heavy atom. The first-order chi connectivity index (χ1) is 8.39. The second-order valence-corrected chi connectivity index (χ2v) is 5.22. The number of hydrogen-bond acceptors (Lipinski definition) is 3. The lowest BCUT2D eigenvalue weighted by Gasteiger charge is -2.36. The zero-order valence-corrected chi connectivity index (χ0v) is 11.5. The van der Waals surface area contributed by atoms with Gasteiger partial charge in [0.1, 0.15) is 5.41 Å². The van der Waals surface area contributed by atoms with E-state index in [0.29, 0.717) is 19.6 Å². The summed E-state index contributed by atoms with van der Waals surface area (Å²) in [5.74, 6) is -0.344. The number of rotatable bonds is 4. The second kappa shape index (κ2) is 6.00. The lowest BCUT2D eigenvalue weighted by Crippen LogP contribution is -2.54. The Morgan fingerprint density at radius 3 is 2.33 bits per heavy atom. The van der Waals surface area contributed by atoms with Crippen molar-refractivity contribution in [1.82, 2.24) is 15.1 Å². The van der Waals surface area contributed by atoms with E-state index in [1.54, 1.807) is 24.8 Å². The summed E-state index contributed by atoms with van der Waals surface area (Å²) in [5, 5.41) is 2.69. The molecule has 1 heterocycles. The predicted octanol–water partition coefficient (Wildman–Crippen LogP) is 0.0888. The molecule has 0 radical (unpaired) electrons. The van der Waals surface area contributed by atoms with Crippen molar-refractivity contribution < 1.29 is 9.59 Å². The van der Waals surface area contributed by atoms with E-state index in [2.05, 4.69) is 16.8 Å². The van der Waals surface area contributed by atoms with Crippen molar-refractivity contribution in [1.29, 1.82) is 0 Å². The van der Waals surface area contributed by atoms with Crippen LogP contribution in [0.4, 0.5) is 0 Å². The molecular weight excluding hydrogens is 230 g/mol. The van der Waals surface area contributed by atoms with Gasteiger partial charge < -0.3 is 15.1 Å². The fraction of sp³-hybridized carbons (Fsp3) is 0.692. The highest BCUT2D eigenvalue weighted by atomic mass is 16.2. The summed E-state index contributed by atoms with van der Waals surface area (Å²) >= 11 is 0. The van der Waals surface area contributed by atoms with E-state index in [-0.39, 0.29) is 11.8 Å². The van der Waals surface area contributed by atoms with Gasteiger partial charge in [-0.15, -0.1) is 6.58 Å². The molecule has 1 aliphatic rings. The molecular formula is C13H23N3O2. The maximum absolute atomic E-state index is 12.4. The van der Waals surface area contributed by atoms with Crippen molar-refractivity contribution in [2.24, 2.45) is 5.41 Å². The highest BCUT2D eigenvalue weighted by molar-refractivity contribution is 6.04. The van der Waals surface area contributed by atoms with Gasteiger partial charge in [0.2, 0.25) is 11.8 Å². The third-order valence-electron chi connectivity index (χ3n) is 3.30. The van der Waals surface area contributed by atoms with Crippen LogP contribution in [0.5, 0.6) is 0 Å². The van der Waals surface area contributed by atoms with E-state index in [1.807, 2.05) is 7.05 Å². The largest absolute Gasteiger partial charge is 0.352 e. The van der Waals surface area contributed by atoms with E-state index in [9.17, 15) is 9.59 Å². The van der Waals surface area contributed by atoms with Crippen LogP contribution in [0.3, 0.4) is 0 Å². The zero-order chi connectivity index (χ0) is 13.8. The first kappa shape index (κ1) is 14.7. The maximum Gasteiger partial charge on any atom is 0.237 e. The van der Waals surface area contributed by atoms with Crippen molar-refractivity contribution in [2.45, 2.75) is 13.8 Å². The number of amides is 2. The third-order valence-corrected chi connectivity index (χ3v) is 3.30. The molecule has 0 bridgehead atoms. The summed E-state index contributed by atoms with van der Waals surface area (Å²) in [4.78, 5) is 28.3. The van der Waals surface area contributed by atoms with Crippen LogP contribution in [0.15, 0.2) is 12.7 Å². The fourth-order valence-electron chi connectivity index (χ4n) is 1.89. The SMILES string of the molecule is C=CCNC(=O)C(C)(C)C(=O)N1CCN(C)CC1. The normalized spacial score (nSPS) is 17.4. The number of hydrogen-bond donors (Lipinski definition) is 1. The number of likely N-dealkylation sites (N-methyl/N-ethyl adjacent to an activating group) is 1. The van der Waals surface area contributed by atoms with Crippen LogP contribution >= 0.6 is 0 Å². The topological polar surface area (TPSA) is 52.7 Å². The van der Waals surface area contributed by atoms with E-state index < -0.39 is 5.41 Å². The van der Waals surface area contributed by atoms with Gasteiger partial charge in [-0.25, -0.2) is 0 Å². The highest BCUT2D eigenvalue weighted by Crippen LogP contribution is 2.20. The molecule has 18 heavy (non-hydrogen) atoms. The van der Waals surface area contributed by atoms with E-state index >= 15 is 0 Å². The van der Waals surface area contributed by atoms with Gasteiger partial charge in [-0.3, -0.25) is 9.59 Å². The van der Waals surface area contributed by atoms with Crippen molar-refractivity contribution >= 4 is 11.8 Å². The van der Waals surface area contributed by atoms with Gasteiger partial charge in [0, 0.05) is 32.7 Å². The summed E-state index contributed by atoms with van der Waals surface area (Å²) in [7, 11) is 2.03. The molecule has 1 aliphatic heterocycles. The number of carbonyl (C=O) groups excluding carboxylic acids is 2. The smallest absolute Gasteiger partial charge is 0.237 e. The second-order valence-electron chi connectivity index (χ2n) is 5.22. The zero-order valence-electron chi connectivity index (χ0n) is 11.5. The molecule has 0 atom stereocenters. The fourth-order valence-corrected chi connectivity index (χ4v) is 1.89. The standard InChI is InChI=1S/C13H23N3O2/c1-5-6-14-11(17)13(2,3)12(18)16-9-7-15(4)8-10-16/h5H,1,6-10H2,2-4H3,(H,14,17). The van der Waals surface area contributed by atoms with Gasteiger partial charge in [-0.2, -0.15) is 0 Å². The van der Waals surface area contributed by atoms with Gasteiger partial charge in [0.15, 0.2) is 0 Å².